The molecule has 3 rings (SSSR count). The first kappa shape index (κ1) is 19.0. The van der Waals surface area contributed by atoms with E-state index in [4.69, 9.17) is 0 Å². The third-order valence-corrected chi connectivity index (χ3v) is 5.07. The molecular formula is C22H27N3O2. The van der Waals surface area contributed by atoms with Crippen molar-refractivity contribution in [3.05, 3.63) is 59.7 Å². The molecule has 0 unspecified atom stereocenters. The third-order valence-electron chi connectivity index (χ3n) is 5.07. The molecule has 27 heavy (non-hydrogen) atoms. The van der Waals surface area contributed by atoms with Crippen LogP contribution in [0.4, 0.5) is 11.4 Å². The maximum absolute atomic E-state index is 12.5. The second-order valence-corrected chi connectivity index (χ2v) is 7.20. The van der Waals surface area contributed by atoms with Gasteiger partial charge in [-0.25, -0.2) is 0 Å². The number of aryl methyl sites for hydroxylation is 1. The Bertz CT molecular complexity index is 797. The second kappa shape index (κ2) is 8.25. The lowest BCUT2D eigenvalue weighted by molar-refractivity contribution is -0.126. The van der Waals surface area contributed by atoms with Crippen molar-refractivity contribution in [1.82, 2.24) is 5.32 Å². The Labute approximate surface area is 161 Å². The summed E-state index contributed by atoms with van der Waals surface area (Å²) in [6, 6.07) is 16.1. The molecule has 1 fully saturated rings. The van der Waals surface area contributed by atoms with E-state index in [1.54, 1.807) is 4.90 Å². The zero-order valence-corrected chi connectivity index (χ0v) is 16.2. The van der Waals surface area contributed by atoms with Crippen LogP contribution in [-0.2, 0) is 22.6 Å². The van der Waals surface area contributed by atoms with Crippen LogP contribution in [0.25, 0.3) is 0 Å². The van der Waals surface area contributed by atoms with Gasteiger partial charge in [0.15, 0.2) is 0 Å². The normalized spacial score (nSPS) is 16.5. The molecule has 0 aromatic heterocycles. The third kappa shape index (κ3) is 4.48. The maximum atomic E-state index is 12.5. The van der Waals surface area contributed by atoms with Gasteiger partial charge >= 0.3 is 0 Å². The van der Waals surface area contributed by atoms with Crippen molar-refractivity contribution in [2.45, 2.75) is 26.3 Å². The van der Waals surface area contributed by atoms with Crippen molar-refractivity contribution in [3.63, 3.8) is 0 Å². The number of amides is 2. The van der Waals surface area contributed by atoms with Crippen LogP contribution in [0.2, 0.25) is 0 Å². The number of nitrogens with one attached hydrogen (secondary N) is 1. The van der Waals surface area contributed by atoms with Crippen molar-refractivity contribution < 1.29 is 9.59 Å². The number of anilines is 2. The highest BCUT2D eigenvalue weighted by atomic mass is 16.2. The molecule has 5 heteroatoms. The van der Waals surface area contributed by atoms with Crippen LogP contribution < -0.4 is 15.1 Å². The molecule has 2 aromatic rings. The smallest absolute Gasteiger partial charge is 0.227 e. The lowest BCUT2D eigenvalue weighted by Gasteiger charge is -2.17. The van der Waals surface area contributed by atoms with Gasteiger partial charge in [-0.2, -0.15) is 0 Å². The van der Waals surface area contributed by atoms with Crippen LogP contribution in [0.3, 0.4) is 0 Å². The van der Waals surface area contributed by atoms with Gasteiger partial charge in [-0.15, -0.1) is 0 Å². The van der Waals surface area contributed by atoms with Crippen LogP contribution in [0, 0.1) is 5.92 Å². The summed E-state index contributed by atoms with van der Waals surface area (Å²) in [5, 5.41) is 2.97. The zero-order chi connectivity index (χ0) is 19.4. The Balaban J connectivity index is 1.56. The highest BCUT2D eigenvalue weighted by molar-refractivity contribution is 6.00. The molecule has 1 saturated heterocycles. The lowest BCUT2D eigenvalue weighted by Crippen LogP contribution is -2.32. The van der Waals surface area contributed by atoms with Gasteiger partial charge in [0.2, 0.25) is 11.8 Å². The summed E-state index contributed by atoms with van der Waals surface area (Å²) >= 11 is 0. The molecular weight excluding hydrogens is 338 g/mol. The minimum atomic E-state index is -0.301. The Morgan fingerprint density at radius 1 is 1.07 bits per heavy atom. The average Bonchev–Trinajstić information content (AvgIpc) is 3.08. The van der Waals surface area contributed by atoms with Gasteiger partial charge in [0.05, 0.1) is 5.92 Å². The Hall–Kier alpha value is -2.82. The molecule has 0 bridgehead atoms. The molecule has 1 atom stereocenters. The van der Waals surface area contributed by atoms with Crippen LogP contribution in [0.15, 0.2) is 48.5 Å². The largest absolute Gasteiger partial charge is 0.378 e. The number of carbonyl (C=O) groups is 2. The number of hydrogen-bond donors (Lipinski definition) is 1. The lowest BCUT2D eigenvalue weighted by atomic mass is 10.1. The first-order chi connectivity index (χ1) is 13.0. The van der Waals surface area contributed by atoms with Gasteiger partial charge in [0, 0.05) is 45.0 Å². The molecule has 0 aliphatic carbocycles. The van der Waals surface area contributed by atoms with Crippen molar-refractivity contribution in [1.29, 1.82) is 0 Å². The summed E-state index contributed by atoms with van der Waals surface area (Å²) in [5.74, 6) is -0.355. The molecule has 0 radical (unpaired) electrons. The van der Waals surface area contributed by atoms with E-state index in [1.165, 1.54) is 5.56 Å². The van der Waals surface area contributed by atoms with Crippen LogP contribution in [-0.4, -0.2) is 32.5 Å². The van der Waals surface area contributed by atoms with E-state index in [1.807, 2.05) is 67.5 Å². The predicted molar refractivity (Wildman–Crippen MR) is 109 cm³/mol. The van der Waals surface area contributed by atoms with Gasteiger partial charge in [0.1, 0.15) is 0 Å². The van der Waals surface area contributed by atoms with E-state index in [0.717, 1.165) is 23.4 Å². The van der Waals surface area contributed by atoms with E-state index in [2.05, 4.69) is 12.2 Å². The Morgan fingerprint density at radius 2 is 1.70 bits per heavy atom. The van der Waals surface area contributed by atoms with Crippen LogP contribution >= 0.6 is 0 Å². The van der Waals surface area contributed by atoms with E-state index in [9.17, 15) is 9.59 Å². The second-order valence-electron chi connectivity index (χ2n) is 7.20. The molecule has 0 saturated carbocycles. The first-order valence-electron chi connectivity index (χ1n) is 9.41. The average molecular weight is 365 g/mol. The predicted octanol–water partition coefficient (Wildman–Crippen LogP) is 2.98. The first-order valence-corrected chi connectivity index (χ1v) is 9.41. The van der Waals surface area contributed by atoms with Crippen molar-refractivity contribution >= 4 is 23.2 Å². The molecule has 1 N–H and O–H groups in total. The molecule has 0 spiro atoms. The van der Waals surface area contributed by atoms with Crippen molar-refractivity contribution in [2.75, 3.05) is 30.4 Å². The zero-order valence-electron chi connectivity index (χ0n) is 16.2. The number of carbonyl (C=O) groups excluding carboxylic acids is 2. The molecule has 1 aliphatic rings. The number of benzene rings is 2. The molecule has 5 nitrogen and oxygen atoms in total. The minimum Gasteiger partial charge on any atom is -0.378 e. The highest BCUT2D eigenvalue weighted by Crippen LogP contribution is 2.25. The number of nitrogens with zero attached hydrogens (tertiary/aromatic N) is 2. The summed E-state index contributed by atoms with van der Waals surface area (Å²) < 4.78 is 0. The fraction of sp³-hybridized carbons (Fsp3) is 0.364. The fourth-order valence-electron chi connectivity index (χ4n) is 3.29. The van der Waals surface area contributed by atoms with Gasteiger partial charge in [0.25, 0.3) is 0 Å². The van der Waals surface area contributed by atoms with E-state index in [0.29, 0.717) is 13.1 Å². The summed E-state index contributed by atoms with van der Waals surface area (Å²) in [7, 11) is 3.99. The van der Waals surface area contributed by atoms with Gasteiger partial charge in [-0.1, -0.05) is 31.2 Å². The van der Waals surface area contributed by atoms with Gasteiger partial charge in [-0.3, -0.25) is 9.59 Å². The molecule has 1 heterocycles. The summed E-state index contributed by atoms with van der Waals surface area (Å²) in [5.41, 5.74) is 4.27. The minimum absolute atomic E-state index is 0.00901. The Kier molecular flexibility index (Phi) is 5.79. The van der Waals surface area contributed by atoms with Gasteiger partial charge in [-0.05, 0) is 41.8 Å². The number of hydrogen-bond acceptors (Lipinski definition) is 3. The van der Waals surface area contributed by atoms with Crippen molar-refractivity contribution in [2.24, 2.45) is 5.92 Å². The number of rotatable bonds is 6. The molecule has 2 amide bonds. The molecule has 142 valence electrons. The van der Waals surface area contributed by atoms with Crippen LogP contribution in [0.5, 0.6) is 0 Å². The van der Waals surface area contributed by atoms with E-state index >= 15 is 0 Å². The Morgan fingerprint density at radius 3 is 2.30 bits per heavy atom. The molecule has 2 aromatic carbocycles. The van der Waals surface area contributed by atoms with Crippen molar-refractivity contribution in [3.8, 4) is 0 Å². The highest BCUT2D eigenvalue weighted by Gasteiger charge is 2.34. The molecule has 1 aliphatic heterocycles. The quantitative estimate of drug-likeness (QED) is 0.856. The monoisotopic (exact) mass is 365 g/mol. The maximum Gasteiger partial charge on any atom is 0.227 e. The topological polar surface area (TPSA) is 52.7 Å². The summed E-state index contributed by atoms with van der Waals surface area (Å²) in [6.07, 6.45) is 1.23. The van der Waals surface area contributed by atoms with Crippen LogP contribution in [0.1, 0.15) is 24.5 Å². The summed E-state index contributed by atoms with van der Waals surface area (Å²) in [6.45, 7) is 3.02. The standard InChI is InChI=1S/C22H27N3O2/c1-4-16-5-11-20(12-6-16)25-15-18(13-21(25)26)22(27)23-14-17-7-9-19(10-8-17)24(2)3/h5-12,18H,4,13-15H2,1-3H3,(H,23,27)/t18-/m1/s1. The van der Waals surface area contributed by atoms with E-state index < -0.39 is 0 Å². The fourth-order valence-corrected chi connectivity index (χ4v) is 3.29. The summed E-state index contributed by atoms with van der Waals surface area (Å²) in [4.78, 5) is 28.6. The van der Waals surface area contributed by atoms with Gasteiger partial charge < -0.3 is 15.1 Å². The SMILES string of the molecule is CCc1ccc(N2C[C@H](C(=O)NCc3ccc(N(C)C)cc3)CC2=O)cc1. The van der Waals surface area contributed by atoms with E-state index in [-0.39, 0.29) is 24.2 Å².